The zero-order valence-corrected chi connectivity index (χ0v) is 12.9. The van der Waals surface area contributed by atoms with Crippen LogP contribution in [0.5, 0.6) is 5.75 Å². The van der Waals surface area contributed by atoms with Crippen molar-refractivity contribution in [2.24, 2.45) is 0 Å². The number of pyridine rings is 1. The lowest BCUT2D eigenvalue weighted by atomic mass is 10.1. The average Bonchev–Trinajstić information content (AvgIpc) is 2.96. The molecule has 0 bridgehead atoms. The first-order chi connectivity index (χ1) is 11.0. The predicted octanol–water partition coefficient (Wildman–Crippen LogP) is 1.97. The quantitative estimate of drug-likeness (QED) is 0.779. The maximum absolute atomic E-state index is 12.2. The summed E-state index contributed by atoms with van der Waals surface area (Å²) >= 11 is 0. The van der Waals surface area contributed by atoms with Crippen molar-refractivity contribution in [2.75, 3.05) is 6.26 Å². The molecule has 0 radical (unpaired) electrons. The molecule has 0 saturated carbocycles. The molecule has 1 aromatic carbocycles. The van der Waals surface area contributed by atoms with Crippen LogP contribution in [0.3, 0.4) is 0 Å². The number of aromatic nitrogens is 3. The first-order valence-electron chi connectivity index (χ1n) is 6.68. The maximum Gasteiger partial charge on any atom is 0.249 e. The second-order valence-electron chi connectivity index (χ2n) is 4.95. The first-order valence-corrected chi connectivity index (χ1v) is 8.64. The van der Waals surface area contributed by atoms with E-state index in [1.54, 1.807) is 36.4 Å². The van der Waals surface area contributed by atoms with Gasteiger partial charge in [0, 0.05) is 12.5 Å². The molecule has 0 aliphatic heterocycles. The normalized spacial score (nSPS) is 12.9. The van der Waals surface area contributed by atoms with E-state index in [0.29, 0.717) is 5.56 Å². The van der Waals surface area contributed by atoms with Crippen LogP contribution in [0.25, 0.3) is 11.5 Å². The number of aromatic hydroxyl groups is 1. The van der Waals surface area contributed by atoms with E-state index in [0.717, 1.165) is 6.26 Å². The molecule has 0 aliphatic carbocycles. The van der Waals surface area contributed by atoms with Crippen molar-refractivity contribution < 1.29 is 18.0 Å². The van der Waals surface area contributed by atoms with Gasteiger partial charge in [-0.2, -0.15) is 4.98 Å². The fraction of sp³-hybridized carbons (Fsp3) is 0.133. The number of benzene rings is 1. The van der Waals surface area contributed by atoms with Gasteiger partial charge in [0.05, 0.1) is 0 Å². The lowest BCUT2D eigenvalue weighted by Crippen LogP contribution is -2.13. The van der Waals surface area contributed by atoms with Crippen LogP contribution in [-0.2, 0) is 9.84 Å². The van der Waals surface area contributed by atoms with Gasteiger partial charge in [-0.15, -0.1) is 0 Å². The lowest BCUT2D eigenvalue weighted by molar-refractivity contribution is 0.380. The summed E-state index contributed by atoms with van der Waals surface area (Å²) < 4.78 is 29.4. The molecule has 0 aliphatic rings. The molecule has 2 aromatic heterocycles. The largest absolute Gasteiger partial charge is 0.506 e. The van der Waals surface area contributed by atoms with Gasteiger partial charge in [-0.05, 0) is 17.7 Å². The molecule has 7 nitrogen and oxygen atoms in total. The molecule has 1 unspecified atom stereocenters. The molecule has 0 spiro atoms. The van der Waals surface area contributed by atoms with E-state index in [1.165, 1.54) is 12.3 Å². The molecule has 8 heteroatoms. The third-order valence-electron chi connectivity index (χ3n) is 3.19. The number of sulfone groups is 1. The van der Waals surface area contributed by atoms with Crippen LogP contribution in [0.1, 0.15) is 16.7 Å². The maximum atomic E-state index is 12.2. The monoisotopic (exact) mass is 331 g/mol. The zero-order valence-electron chi connectivity index (χ0n) is 12.1. The molecule has 23 heavy (non-hydrogen) atoms. The second kappa shape index (κ2) is 5.81. The van der Waals surface area contributed by atoms with Crippen molar-refractivity contribution in [1.82, 2.24) is 15.1 Å². The Hall–Kier alpha value is -2.74. The van der Waals surface area contributed by atoms with Gasteiger partial charge in [0.15, 0.2) is 20.8 Å². The Balaban J connectivity index is 2.08. The minimum absolute atomic E-state index is 0.0303. The Morgan fingerprint density at radius 2 is 1.87 bits per heavy atom. The summed E-state index contributed by atoms with van der Waals surface area (Å²) in [5.41, 5.74) is 0.651. The van der Waals surface area contributed by atoms with Crippen LogP contribution in [0, 0.1) is 0 Å². The van der Waals surface area contributed by atoms with E-state index in [2.05, 4.69) is 15.1 Å². The molecule has 3 rings (SSSR count). The van der Waals surface area contributed by atoms with Gasteiger partial charge in [0.1, 0.15) is 5.75 Å². The Kier molecular flexibility index (Phi) is 3.83. The fourth-order valence-corrected chi connectivity index (χ4v) is 3.32. The summed E-state index contributed by atoms with van der Waals surface area (Å²) in [6.07, 6.45) is 2.57. The minimum atomic E-state index is -3.53. The molecule has 1 N–H and O–H groups in total. The third-order valence-corrected chi connectivity index (χ3v) is 4.52. The highest BCUT2D eigenvalue weighted by atomic mass is 32.2. The molecule has 0 saturated heterocycles. The van der Waals surface area contributed by atoms with Gasteiger partial charge in [-0.1, -0.05) is 35.5 Å². The van der Waals surface area contributed by atoms with E-state index in [4.69, 9.17) is 4.52 Å². The van der Waals surface area contributed by atoms with E-state index in [1.807, 2.05) is 0 Å². The third kappa shape index (κ3) is 3.07. The van der Waals surface area contributed by atoms with Crippen molar-refractivity contribution in [3.8, 4) is 17.3 Å². The van der Waals surface area contributed by atoms with Crippen LogP contribution >= 0.6 is 0 Å². The Bertz CT molecular complexity index is 923. The predicted molar refractivity (Wildman–Crippen MR) is 82.3 cm³/mol. The summed E-state index contributed by atoms with van der Waals surface area (Å²) in [5, 5.41) is 12.4. The number of hydrogen-bond donors (Lipinski definition) is 1. The topological polar surface area (TPSA) is 106 Å². The SMILES string of the molecule is CS(=O)(=O)C(c1ccccc1)c1nc(-c2ncccc2O)no1. The van der Waals surface area contributed by atoms with Crippen LogP contribution in [0.15, 0.2) is 53.2 Å². The molecular weight excluding hydrogens is 318 g/mol. The van der Waals surface area contributed by atoms with Crippen molar-refractivity contribution in [3.63, 3.8) is 0 Å². The van der Waals surface area contributed by atoms with Crippen LogP contribution < -0.4 is 0 Å². The van der Waals surface area contributed by atoms with Gasteiger partial charge in [-0.25, -0.2) is 13.4 Å². The van der Waals surface area contributed by atoms with E-state index < -0.39 is 15.1 Å². The highest BCUT2D eigenvalue weighted by Gasteiger charge is 2.31. The molecule has 3 aromatic rings. The van der Waals surface area contributed by atoms with E-state index >= 15 is 0 Å². The zero-order chi connectivity index (χ0) is 16.4. The second-order valence-corrected chi connectivity index (χ2v) is 7.08. The summed E-state index contributed by atoms with van der Waals surface area (Å²) in [7, 11) is -3.53. The Morgan fingerprint density at radius 3 is 2.52 bits per heavy atom. The van der Waals surface area contributed by atoms with Crippen LogP contribution in [0.2, 0.25) is 0 Å². The van der Waals surface area contributed by atoms with Crippen molar-refractivity contribution >= 4 is 9.84 Å². The van der Waals surface area contributed by atoms with Gasteiger partial charge in [0.25, 0.3) is 0 Å². The Labute approximate surface area is 132 Å². The first kappa shape index (κ1) is 15.2. The van der Waals surface area contributed by atoms with Crippen LogP contribution in [-0.4, -0.2) is 34.9 Å². The van der Waals surface area contributed by atoms with Gasteiger partial charge in [-0.3, -0.25) is 0 Å². The van der Waals surface area contributed by atoms with Crippen molar-refractivity contribution in [3.05, 3.63) is 60.1 Å². The fourth-order valence-electron chi connectivity index (χ4n) is 2.21. The molecule has 0 amide bonds. The summed E-state index contributed by atoms with van der Waals surface area (Å²) in [5.74, 6) is -0.156. The molecule has 1 atom stereocenters. The highest BCUT2D eigenvalue weighted by molar-refractivity contribution is 7.91. The van der Waals surface area contributed by atoms with Crippen LogP contribution in [0.4, 0.5) is 0 Å². The molecular formula is C15H13N3O4S. The van der Waals surface area contributed by atoms with Gasteiger partial charge >= 0.3 is 0 Å². The summed E-state index contributed by atoms with van der Waals surface area (Å²) in [6.45, 7) is 0. The molecule has 2 heterocycles. The highest BCUT2D eigenvalue weighted by Crippen LogP contribution is 2.31. The van der Waals surface area contributed by atoms with Gasteiger partial charge < -0.3 is 9.63 Å². The standard InChI is InChI=1S/C15H13N3O4S/c1-23(20,21)13(10-6-3-2-4-7-10)15-17-14(18-22-15)12-11(19)8-5-9-16-12/h2-9,13,19H,1H3. The number of hydrogen-bond acceptors (Lipinski definition) is 7. The molecule has 118 valence electrons. The Morgan fingerprint density at radius 1 is 1.13 bits per heavy atom. The van der Waals surface area contributed by atoms with Crippen molar-refractivity contribution in [2.45, 2.75) is 5.25 Å². The van der Waals surface area contributed by atoms with E-state index in [-0.39, 0.29) is 23.2 Å². The average molecular weight is 331 g/mol. The smallest absolute Gasteiger partial charge is 0.249 e. The van der Waals surface area contributed by atoms with E-state index in [9.17, 15) is 13.5 Å². The number of nitrogens with zero attached hydrogens (tertiary/aromatic N) is 3. The minimum Gasteiger partial charge on any atom is -0.506 e. The van der Waals surface area contributed by atoms with Gasteiger partial charge in [0.2, 0.25) is 11.7 Å². The van der Waals surface area contributed by atoms with Crippen molar-refractivity contribution in [1.29, 1.82) is 0 Å². The molecule has 0 fully saturated rings. The summed E-state index contributed by atoms with van der Waals surface area (Å²) in [4.78, 5) is 8.08. The number of rotatable bonds is 4. The lowest BCUT2D eigenvalue weighted by Gasteiger charge is -2.10. The summed E-state index contributed by atoms with van der Waals surface area (Å²) in [6, 6.07) is 11.6.